The highest BCUT2D eigenvalue weighted by Crippen LogP contribution is 2.21. The Morgan fingerprint density at radius 3 is 3.11 bits per heavy atom. The van der Waals surface area contributed by atoms with Crippen LogP contribution in [0.4, 0.5) is 5.82 Å². The third kappa shape index (κ3) is 2.51. The van der Waals surface area contributed by atoms with Crippen LogP contribution in [0.25, 0.3) is 5.65 Å². The van der Waals surface area contributed by atoms with E-state index >= 15 is 0 Å². The van der Waals surface area contributed by atoms with Crippen LogP contribution in [-0.2, 0) is 10.0 Å². The van der Waals surface area contributed by atoms with Crippen molar-refractivity contribution in [2.45, 2.75) is 12.5 Å². The van der Waals surface area contributed by atoms with Gasteiger partial charge in [0.2, 0.25) is 15.7 Å². The number of rotatable bonds is 3. The maximum atomic E-state index is 11.2. The summed E-state index contributed by atoms with van der Waals surface area (Å²) in [6, 6.07) is -0.0834. The minimum atomic E-state index is -3.18. The van der Waals surface area contributed by atoms with Crippen molar-refractivity contribution in [3.8, 4) is 0 Å². The van der Waals surface area contributed by atoms with Crippen LogP contribution < -0.4 is 9.62 Å². The minimum absolute atomic E-state index is 0.0834. The fourth-order valence-electron chi connectivity index (χ4n) is 2.32. The highest BCUT2D eigenvalue weighted by Gasteiger charge is 2.27. The van der Waals surface area contributed by atoms with Gasteiger partial charge in [-0.05, 0) is 6.42 Å². The molecule has 0 saturated carbocycles. The lowest BCUT2D eigenvalue weighted by Crippen LogP contribution is -2.36. The van der Waals surface area contributed by atoms with E-state index in [4.69, 9.17) is 0 Å². The molecule has 19 heavy (non-hydrogen) atoms. The molecular weight excluding hydrogens is 268 g/mol. The SMILES string of the molecule is CS(=O)(=O)NC1CCN(c2nccn3cnnc23)C1. The molecule has 2 aromatic heterocycles. The number of fused-ring (bicyclic) bond motifs is 1. The highest BCUT2D eigenvalue weighted by molar-refractivity contribution is 7.88. The molecule has 1 aliphatic rings. The maximum Gasteiger partial charge on any atom is 0.209 e. The monoisotopic (exact) mass is 282 g/mol. The number of nitrogens with one attached hydrogen (secondary N) is 1. The average Bonchev–Trinajstić information content (AvgIpc) is 2.94. The Morgan fingerprint density at radius 2 is 2.32 bits per heavy atom. The van der Waals surface area contributed by atoms with Gasteiger partial charge in [-0.1, -0.05) is 0 Å². The molecule has 102 valence electrons. The first-order chi connectivity index (χ1) is 9.03. The second kappa shape index (κ2) is 4.42. The number of hydrogen-bond donors (Lipinski definition) is 1. The highest BCUT2D eigenvalue weighted by atomic mass is 32.2. The first-order valence-electron chi connectivity index (χ1n) is 5.89. The molecule has 1 aliphatic heterocycles. The van der Waals surface area contributed by atoms with E-state index in [0.717, 1.165) is 18.8 Å². The van der Waals surface area contributed by atoms with Crippen LogP contribution in [0.5, 0.6) is 0 Å². The van der Waals surface area contributed by atoms with Crippen LogP contribution in [-0.4, -0.2) is 53.4 Å². The predicted octanol–water partition coefficient (Wildman–Crippen LogP) is -0.748. The van der Waals surface area contributed by atoms with Gasteiger partial charge >= 0.3 is 0 Å². The summed E-state index contributed by atoms with van der Waals surface area (Å²) in [6.07, 6.45) is 7.00. The van der Waals surface area contributed by atoms with Gasteiger partial charge in [-0.15, -0.1) is 10.2 Å². The summed E-state index contributed by atoms with van der Waals surface area (Å²) in [5.74, 6) is 0.734. The Hall–Kier alpha value is -1.74. The van der Waals surface area contributed by atoms with Gasteiger partial charge in [0.15, 0.2) is 5.82 Å². The van der Waals surface area contributed by atoms with E-state index in [1.807, 2.05) is 4.90 Å². The van der Waals surface area contributed by atoms with Crippen LogP contribution in [0, 0.1) is 0 Å². The minimum Gasteiger partial charge on any atom is -0.352 e. The fourth-order valence-corrected chi connectivity index (χ4v) is 3.12. The van der Waals surface area contributed by atoms with Crippen LogP contribution in [0.2, 0.25) is 0 Å². The molecule has 9 heteroatoms. The van der Waals surface area contributed by atoms with Crippen molar-refractivity contribution in [3.63, 3.8) is 0 Å². The van der Waals surface area contributed by atoms with Crippen LogP contribution >= 0.6 is 0 Å². The molecule has 0 amide bonds. The first-order valence-corrected chi connectivity index (χ1v) is 7.79. The second-order valence-corrected chi connectivity index (χ2v) is 6.41. The molecule has 1 saturated heterocycles. The Bertz CT molecular complexity index is 697. The molecule has 0 spiro atoms. The Balaban J connectivity index is 1.83. The van der Waals surface area contributed by atoms with Gasteiger partial charge in [0.25, 0.3) is 0 Å². The molecule has 1 atom stereocenters. The van der Waals surface area contributed by atoms with Crippen molar-refractivity contribution in [3.05, 3.63) is 18.7 Å². The third-order valence-electron chi connectivity index (χ3n) is 3.07. The van der Waals surface area contributed by atoms with Crippen molar-refractivity contribution >= 4 is 21.5 Å². The van der Waals surface area contributed by atoms with Crippen molar-refractivity contribution < 1.29 is 8.42 Å². The van der Waals surface area contributed by atoms with Crippen molar-refractivity contribution in [2.75, 3.05) is 24.2 Å². The molecule has 2 aromatic rings. The van der Waals surface area contributed by atoms with Gasteiger partial charge in [0.1, 0.15) is 6.33 Å². The lowest BCUT2D eigenvalue weighted by atomic mass is 10.3. The normalized spacial score (nSPS) is 20.3. The quantitative estimate of drug-likeness (QED) is 0.796. The van der Waals surface area contributed by atoms with E-state index in [2.05, 4.69) is 19.9 Å². The van der Waals surface area contributed by atoms with Gasteiger partial charge in [0.05, 0.1) is 6.26 Å². The summed E-state index contributed by atoms with van der Waals surface area (Å²) >= 11 is 0. The zero-order chi connectivity index (χ0) is 13.5. The largest absolute Gasteiger partial charge is 0.352 e. The lowest BCUT2D eigenvalue weighted by molar-refractivity contribution is 0.567. The van der Waals surface area contributed by atoms with E-state index in [1.165, 1.54) is 6.26 Å². The van der Waals surface area contributed by atoms with Crippen molar-refractivity contribution in [1.29, 1.82) is 0 Å². The zero-order valence-electron chi connectivity index (χ0n) is 10.4. The predicted molar refractivity (Wildman–Crippen MR) is 69.4 cm³/mol. The number of nitrogens with zero attached hydrogens (tertiary/aromatic N) is 5. The third-order valence-corrected chi connectivity index (χ3v) is 3.83. The molecule has 0 aliphatic carbocycles. The number of sulfonamides is 1. The van der Waals surface area contributed by atoms with Crippen molar-refractivity contribution in [2.24, 2.45) is 0 Å². The van der Waals surface area contributed by atoms with Gasteiger partial charge in [-0.2, -0.15) is 0 Å². The van der Waals surface area contributed by atoms with E-state index < -0.39 is 10.0 Å². The lowest BCUT2D eigenvalue weighted by Gasteiger charge is -2.17. The van der Waals surface area contributed by atoms with Gasteiger partial charge in [0, 0.05) is 31.5 Å². The Kier molecular flexibility index (Phi) is 2.86. The second-order valence-electron chi connectivity index (χ2n) is 4.63. The van der Waals surface area contributed by atoms with E-state index in [-0.39, 0.29) is 6.04 Å². The summed E-state index contributed by atoms with van der Waals surface area (Å²) in [5.41, 5.74) is 0.683. The summed E-state index contributed by atoms with van der Waals surface area (Å²) in [5, 5.41) is 7.88. The summed E-state index contributed by atoms with van der Waals surface area (Å²) in [4.78, 5) is 6.34. The van der Waals surface area contributed by atoms with Crippen LogP contribution in [0.15, 0.2) is 18.7 Å². The fraction of sp³-hybridized carbons (Fsp3) is 0.500. The molecule has 0 radical (unpaired) electrons. The Labute approximate surface area is 110 Å². The molecular formula is C10H14N6O2S. The Morgan fingerprint density at radius 1 is 1.47 bits per heavy atom. The molecule has 3 rings (SSSR count). The van der Waals surface area contributed by atoms with Crippen LogP contribution in [0.1, 0.15) is 6.42 Å². The first kappa shape index (κ1) is 12.3. The van der Waals surface area contributed by atoms with E-state index in [1.54, 1.807) is 23.1 Å². The van der Waals surface area contributed by atoms with Gasteiger partial charge < -0.3 is 4.90 Å². The number of hydrogen-bond acceptors (Lipinski definition) is 6. The molecule has 8 nitrogen and oxygen atoms in total. The van der Waals surface area contributed by atoms with Gasteiger partial charge in [-0.3, -0.25) is 4.40 Å². The van der Waals surface area contributed by atoms with E-state index in [9.17, 15) is 8.42 Å². The summed E-state index contributed by atoms with van der Waals surface area (Å²) < 4.78 is 26.9. The topological polar surface area (TPSA) is 92.5 Å². The van der Waals surface area contributed by atoms with Crippen LogP contribution in [0.3, 0.4) is 0 Å². The maximum absolute atomic E-state index is 11.2. The summed E-state index contributed by atoms with van der Waals surface area (Å²) in [7, 11) is -3.18. The average molecular weight is 282 g/mol. The van der Waals surface area contributed by atoms with Crippen molar-refractivity contribution in [1.82, 2.24) is 24.3 Å². The molecule has 1 unspecified atom stereocenters. The molecule has 1 N–H and O–H groups in total. The number of anilines is 1. The molecule has 0 aromatic carbocycles. The number of aromatic nitrogens is 4. The standard InChI is InChI=1S/C10H14N6O2S/c1-19(17,18)14-8-2-4-15(6-8)9-10-13-12-7-16(10)5-3-11-9/h3,5,7-8,14H,2,4,6H2,1H3. The zero-order valence-corrected chi connectivity index (χ0v) is 11.2. The van der Waals surface area contributed by atoms with E-state index in [0.29, 0.717) is 12.2 Å². The molecule has 0 bridgehead atoms. The molecule has 1 fully saturated rings. The van der Waals surface area contributed by atoms with Gasteiger partial charge in [-0.25, -0.2) is 18.1 Å². The molecule has 3 heterocycles. The smallest absolute Gasteiger partial charge is 0.209 e. The summed E-state index contributed by atoms with van der Waals surface area (Å²) in [6.45, 7) is 1.33.